The Morgan fingerprint density at radius 1 is 0.329 bits per heavy atom. The van der Waals surface area contributed by atoms with Gasteiger partial charge in [0.15, 0.2) is 0 Å². The molecule has 3 heteroatoms. The van der Waals surface area contributed by atoms with Crippen LogP contribution in [0.5, 0.6) is 0 Å². The Balaban J connectivity index is 0.952. The third-order valence-electron chi connectivity index (χ3n) is 15.2. The monoisotopic (exact) mass is 890 g/mol. The van der Waals surface area contributed by atoms with Gasteiger partial charge in [0.05, 0.1) is 22.1 Å². The van der Waals surface area contributed by atoms with Crippen molar-refractivity contribution in [3.8, 4) is 50.2 Å². The number of nitrogens with zero attached hydrogens (tertiary/aromatic N) is 2. The van der Waals surface area contributed by atoms with Crippen LogP contribution in [0.4, 0.5) is 17.1 Å². The first kappa shape index (κ1) is 38.9. The molecule has 0 atom stereocenters. The zero-order chi connectivity index (χ0) is 45.9. The largest absolute Gasteiger partial charge is 0.456 e. The number of hydrogen-bond acceptors (Lipinski definition) is 2. The minimum absolute atomic E-state index is 0.533. The van der Waals surface area contributed by atoms with Gasteiger partial charge in [-0.1, -0.05) is 188 Å². The highest BCUT2D eigenvalue weighted by Gasteiger charge is 2.53. The number of para-hydroxylation sites is 3. The Labute approximate surface area is 405 Å². The van der Waals surface area contributed by atoms with Crippen LogP contribution in [-0.4, -0.2) is 4.57 Å². The van der Waals surface area contributed by atoms with Gasteiger partial charge in [0.2, 0.25) is 0 Å². The molecule has 15 rings (SSSR count). The normalized spacial score (nSPS) is 13.0. The molecule has 2 aromatic heterocycles. The molecule has 326 valence electrons. The molecular weight excluding hydrogens is 849 g/mol. The summed E-state index contributed by atoms with van der Waals surface area (Å²) in [5.41, 5.74) is 23.2. The summed E-state index contributed by atoms with van der Waals surface area (Å²) >= 11 is 0. The summed E-state index contributed by atoms with van der Waals surface area (Å²) in [5, 5.41) is 4.76. The van der Waals surface area contributed by atoms with Crippen LogP contribution < -0.4 is 4.90 Å². The zero-order valence-corrected chi connectivity index (χ0v) is 38.1. The van der Waals surface area contributed by atoms with E-state index in [2.05, 4.69) is 258 Å². The second-order valence-electron chi connectivity index (χ2n) is 18.7. The van der Waals surface area contributed by atoms with E-state index in [-0.39, 0.29) is 0 Å². The highest BCUT2D eigenvalue weighted by Crippen LogP contribution is 2.65. The average Bonchev–Trinajstić information content (AvgIpc) is 4.16. The van der Waals surface area contributed by atoms with E-state index in [4.69, 9.17) is 4.42 Å². The lowest BCUT2D eigenvalue weighted by Crippen LogP contribution is -2.28. The van der Waals surface area contributed by atoms with Gasteiger partial charge in [-0.15, -0.1) is 0 Å². The molecule has 2 aliphatic rings. The van der Waals surface area contributed by atoms with Crippen molar-refractivity contribution >= 4 is 60.8 Å². The molecule has 0 saturated carbocycles. The van der Waals surface area contributed by atoms with Crippen LogP contribution in [0.3, 0.4) is 0 Å². The molecule has 1 spiro atoms. The van der Waals surface area contributed by atoms with Crippen LogP contribution in [0, 0.1) is 0 Å². The molecule has 2 heterocycles. The number of anilines is 3. The summed E-state index contributed by atoms with van der Waals surface area (Å²) in [6, 6.07) is 93.6. The van der Waals surface area contributed by atoms with Gasteiger partial charge >= 0.3 is 0 Å². The van der Waals surface area contributed by atoms with E-state index in [0.717, 1.165) is 55.8 Å². The van der Waals surface area contributed by atoms with Gasteiger partial charge in [0.25, 0.3) is 0 Å². The topological polar surface area (TPSA) is 21.3 Å². The lowest BCUT2D eigenvalue weighted by molar-refractivity contribution is 0.669. The maximum Gasteiger partial charge on any atom is 0.136 e. The minimum Gasteiger partial charge on any atom is -0.456 e. The highest BCUT2D eigenvalue weighted by atomic mass is 16.3. The molecule has 0 aliphatic heterocycles. The molecule has 0 radical (unpaired) electrons. The molecule has 0 bridgehead atoms. The Bertz CT molecular complexity index is 4170. The minimum atomic E-state index is -0.533. The van der Waals surface area contributed by atoms with Crippen molar-refractivity contribution < 1.29 is 4.42 Å². The number of aromatic nitrogens is 1. The lowest BCUT2D eigenvalue weighted by atomic mass is 9.70. The second kappa shape index (κ2) is 14.9. The molecule has 0 N–H and O–H groups in total. The molecule has 70 heavy (non-hydrogen) atoms. The summed E-state index contributed by atoms with van der Waals surface area (Å²) in [6.45, 7) is 0. The first-order chi connectivity index (χ1) is 34.8. The van der Waals surface area contributed by atoms with Crippen molar-refractivity contribution in [3.05, 3.63) is 277 Å². The predicted octanol–water partition coefficient (Wildman–Crippen LogP) is 17.8. The summed E-state index contributed by atoms with van der Waals surface area (Å²) in [6.07, 6.45) is 0. The fourth-order valence-corrected chi connectivity index (χ4v) is 12.5. The Morgan fingerprint density at radius 3 is 1.47 bits per heavy atom. The molecule has 3 nitrogen and oxygen atoms in total. The Hall–Kier alpha value is -9.18. The second-order valence-corrected chi connectivity index (χ2v) is 18.7. The van der Waals surface area contributed by atoms with Crippen LogP contribution >= 0.6 is 0 Å². The fraction of sp³-hybridized carbons (Fsp3) is 0.0149. The van der Waals surface area contributed by atoms with Crippen LogP contribution in [-0.2, 0) is 5.41 Å². The maximum atomic E-state index is 6.36. The first-order valence-electron chi connectivity index (χ1n) is 24.2. The van der Waals surface area contributed by atoms with E-state index in [1.807, 2.05) is 6.07 Å². The Kier molecular flexibility index (Phi) is 8.28. The van der Waals surface area contributed by atoms with E-state index in [1.165, 1.54) is 77.4 Å². The first-order valence-corrected chi connectivity index (χ1v) is 24.2. The molecule has 11 aromatic carbocycles. The van der Waals surface area contributed by atoms with Crippen molar-refractivity contribution in [1.29, 1.82) is 0 Å². The zero-order valence-electron chi connectivity index (χ0n) is 38.1. The lowest BCUT2D eigenvalue weighted by Gasteiger charge is -2.36. The third kappa shape index (κ3) is 5.34. The molecule has 13 aromatic rings. The number of rotatable bonds is 6. The van der Waals surface area contributed by atoms with Gasteiger partial charge in [-0.2, -0.15) is 0 Å². The summed E-state index contributed by atoms with van der Waals surface area (Å²) in [7, 11) is 0. The Morgan fingerprint density at radius 2 is 0.800 bits per heavy atom. The smallest absolute Gasteiger partial charge is 0.136 e. The van der Waals surface area contributed by atoms with Gasteiger partial charge in [0.1, 0.15) is 11.2 Å². The number of benzene rings is 11. The van der Waals surface area contributed by atoms with Crippen LogP contribution in [0.15, 0.2) is 259 Å². The fourth-order valence-electron chi connectivity index (χ4n) is 12.5. The number of fused-ring (bicyclic) bond motifs is 16. The standard InChI is InChI=1S/C67H42N2O/c1-2-17-45(18-3-1)69-59-30-12-7-22-54(59)64-48(24-14-31-60(64)69)43-35-39-46(40-36-43)68(47-41-37-44(38-42-47)49-25-16-34-63-65(49)55-23-8-13-33-62(55)70-63)61-32-15-26-53-52-21-6-11-29-58(52)67(66(53)61)56-27-9-4-19-50(56)51-20-5-10-28-57(51)67/h1-42H. The van der Waals surface area contributed by atoms with Crippen molar-refractivity contribution in [2.45, 2.75) is 5.41 Å². The quantitative estimate of drug-likeness (QED) is 0.166. The van der Waals surface area contributed by atoms with Gasteiger partial charge in [0, 0.05) is 44.2 Å². The van der Waals surface area contributed by atoms with Crippen LogP contribution in [0.25, 0.3) is 93.9 Å². The van der Waals surface area contributed by atoms with E-state index in [9.17, 15) is 0 Å². The van der Waals surface area contributed by atoms with Crippen LogP contribution in [0.1, 0.15) is 22.3 Å². The van der Waals surface area contributed by atoms with Crippen molar-refractivity contribution in [1.82, 2.24) is 4.57 Å². The summed E-state index contributed by atoms with van der Waals surface area (Å²) < 4.78 is 8.75. The highest BCUT2D eigenvalue weighted by molar-refractivity contribution is 6.16. The van der Waals surface area contributed by atoms with Crippen molar-refractivity contribution in [3.63, 3.8) is 0 Å². The maximum absolute atomic E-state index is 6.36. The van der Waals surface area contributed by atoms with E-state index >= 15 is 0 Å². The molecule has 0 saturated heterocycles. The molecule has 0 unspecified atom stereocenters. The van der Waals surface area contributed by atoms with Crippen LogP contribution in [0.2, 0.25) is 0 Å². The molecular formula is C67H42N2O. The number of furan rings is 1. The third-order valence-corrected chi connectivity index (χ3v) is 15.2. The van der Waals surface area contributed by atoms with Crippen molar-refractivity contribution in [2.24, 2.45) is 0 Å². The molecule has 2 aliphatic carbocycles. The molecule has 0 amide bonds. The number of hydrogen-bond donors (Lipinski definition) is 0. The molecule has 0 fully saturated rings. The van der Waals surface area contributed by atoms with E-state index in [0.29, 0.717) is 0 Å². The van der Waals surface area contributed by atoms with Gasteiger partial charge in [-0.3, -0.25) is 0 Å². The van der Waals surface area contributed by atoms with Gasteiger partial charge in [-0.05, 0) is 128 Å². The average molecular weight is 891 g/mol. The SMILES string of the molecule is c1ccc(-n2c3ccccc3c3c(-c4ccc(N(c5ccc(-c6cccc7oc8ccccc8c67)cc5)c5cccc6c5C5(c7ccccc7-c7ccccc75)c5ccccc5-6)cc4)cccc32)cc1. The van der Waals surface area contributed by atoms with E-state index in [1.54, 1.807) is 0 Å². The summed E-state index contributed by atoms with van der Waals surface area (Å²) in [5.74, 6) is 0. The van der Waals surface area contributed by atoms with Crippen molar-refractivity contribution in [2.75, 3.05) is 4.90 Å². The summed E-state index contributed by atoms with van der Waals surface area (Å²) in [4.78, 5) is 2.50. The van der Waals surface area contributed by atoms with E-state index < -0.39 is 5.41 Å². The predicted molar refractivity (Wildman–Crippen MR) is 290 cm³/mol. The van der Waals surface area contributed by atoms with Gasteiger partial charge in [-0.25, -0.2) is 0 Å². The van der Waals surface area contributed by atoms with Gasteiger partial charge < -0.3 is 13.9 Å².